The van der Waals surface area contributed by atoms with E-state index in [0.29, 0.717) is 6.42 Å². The zero-order valence-corrected chi connectivity index (χ0v) is 10.6. The second kappa shape index (κ2) is 5.54. The molecule has 0 aliphatic rings. The molecule has 1 atom stereocenters. The highest BCUT2D eigenvalue weighted by Gasteiger charge is 2.16. The highest BCUT2D eigenvalue weighted by atomic mass is 16.5. The van der Waals surface area contributed by atoms with Crippen molar-refractivity contribution in [3.8, 4) is 5.75 Å². The van der Waals surface area contributed by atoms with Crippen LogP contribution in [0.5, 0.6) is 5.75 Å². The van der Waals surface area contributed by atoms with Gasteiger partial charge in [-0.3, -0.25) is 4.79 Å². The summed E-state index contributed by atoms with van der Waals surface area (Å²) in [7, 11) is 1.62. The maximum absolute atomic E-state index is 11.6. The summed E-state index contributed by atoms with van der Waals surface area (Å²) in [6.07, 6.45) is 0.211. The zero-order valence-electron chi connectivity index (χ0n) is 10.6. The van der Waals surface area contributed by atoms with E-state index in [1.807, 2.05) is 43.3 Å². The average molecular weight is 243 g/mol. The van der Waals surface area contributed by atoms with Crippen LogP contribution >= 0.6 is 0 Å². The molecule has 0 spiro atoms. The summed E-state index contributed by atoms with van der Waals surface area (Å²) >= 11 is 0. The first kappa shape index (κ1) is 12.4. The minimum absolute atomic E-state index is 0.0920. The van der Waals surface area contributed by atoms with Crippen LogP contribution in [0.3, 0.4) is 0 Å². The van der Waals surface area contributed by atoms with Crippen LogP contribution in [0.4, 0.5) is 0 Å². The molecule has 0 fully saturated rings. The Morgan fingerprint density at radius 1 is 1.22 bits per heavy atom. The van der Waals surface area contributed by atoms with Crippen LogP contribution in [0, 0.1) is 0 Å². The van der Waals surface area contributed by atoms with Crippen LogP contribution in [0.2, 0.25) is 0 Å². The normalized spacial score (nSPS) is 12.1. The Balaban J connectivity index is 2.23. The van der Waals surface area contributed by atoms with Gasteiger partial charge in [-0.2, -0.15) is 0 Å². The van der Waals surface area contributed by atoms with E-state index >= 15 is 0 Å². The molecule has 0 aromatic heterocycles. The number of likely N-dealkylation sites (N-methyl/N-ethyl adjacent to an activating group) is 1. The molecule has 1 amide bonds. The topological polar surface area (TPSA) is 38.3 Å². The molecule has 0 radical (unpaired) electrons. The van der Waals surface area contributed by atoms with Crippen LogP contribution in [-0.4, -0.2) is 19.1 Å². The van der Waals surface area contributed by atoms with E-state index in [2.05, 4.69) is 11.4 Å². The Bertz CT molecular complexity index is 551. The summed E-state index contributed by atoms with van der Waals surface area (Å²) in [6, 6.07) is 13.9. The molecule has 0 bridgehead atoms. The lowest BCUT2D eigenvalue weighted by Gasteiger charge is -2.16. The molecular formula is C15H17NO2. The van der Waals surface area contributed by atoms with Crippen molar-refractivity contribution in [2.45, 2.75) is 19.4 Å². The predicted molar refractivity (Wildman–Crippen MR) is 72.7 cm³/mol. The first-order valence-electron chi connectivity index (χ1n) is 6.11. The highest BCUT2D eigenvalue weighted by molar-refractivity contribution is 5.84. The van der Waals surface area contributed by atoms with Crippen molar-refractivity contribution in [2.24, 2.45) is 0 Å². The summed E-state index contributed by atoms with van der Waals surface area (Å²) < 4.78 is 5.71. The number of hydrogen-bond donors (Lipinski definition) is 1. The fourth-order valence-electron chi connectivity index (χ4n) is 1.89. The number of carbonyl (C=O) groups is 1. The lowest BCUT2D eigenvalue weighted by Crippen LogP contribution is -2.35. The van der Waals surface area contributed by atoms with Gasteiger partial charge in [0.25, 0.3) is 5.91 Å². The summed E-state index contributed by atoms with van der Waals surface area (Å²) in [5.41, 5.74) is 0. The monoisotopic (exact) mass is 243 g/mol. The van der Waals surface area contributed by atoms with Gasteiger partial charge in [0.15, 0.2) is 6.10 Å². The van der Waals surface area contributed by atoms with Crippen LogP contribution in [0.25, 0.3) is 10.8 Å². The van der Waals surface area contributed by atoms with Crippen molar-refractivity contribution in [1.82, 2.24) is 5.32 Å². The van der Waals surface area contributed by atoms with E-state index in [9.17, 15) is 4.79 Å². The molecule has 2 rings (SSSR count). The number of rotatable bonds is 4. The van der Waals surface area contributed by atoms with E-state index in [-0.39, 0.29) is 5.91 Å². The summed E-state index contributed by atoms with van der Waals surface area (Å²) in [6.45, 7) is 1.93. The SMILES string of the molecule is CC[C@@H](Oc1ccc2ccccc2c1)C(=O)NC. The summed E-state index contributed by atoms with van der Waals surface area (Å²) in [4.78, 5) is 11.6. The first-order valence-corrected chi connectivity index (χ1v) is 6.11. The van der Waals surface area contributed by atoms with Crippen LogP contribution < -0.4 is 10.1 Å². The molecular weight excluding hydrogens is 226 g/mol. The number of carbonyl (C=O) groups excluding carboxylic acids is 1. The Morgan fingerprint density at radius 3 is 2.61 bits per heavy atom. The molecule has 2 aromatic carbocycles. The van der Waals surface area contributed by atoms with Crippen molar-refractivity contribution in [2.75, 3.05) is 7.05 Å². The van der Waals surface area contributed by atoms with Gasteiger partial charge in [-0.25, -0.2) is 0 Å². The maximum Gasteiger partial charge on any atom is 0.260 e. The molecule has 0 saturated carbocycles. The van der Waals surface area contributed by atoms with Crippen molar-refractivity contribution in [3.05, 3.63) is 42.5 Å². The van der Waals surface area contributed by atoms with Gasteiger partial charge < -0.3 is 10.1 Å². The third kappa shape index (κ3) is 2.62. The van der Waals surface area contributed by atoms with E-state index < -0.39 is 6.10 Å². The number of amides is 1. The molecule has 2 aromatic rings. The van der Waals surface area contributed by atoms with Crippen molar-refractivity contribution < 1.29 is 9.53 Å². The van der Waals surface area contributed by atoms with E-state index in [4.69, 9.17) is 4.74 Å². The Hall–Kier alpha value is -2.03. The molecule has 0 heterocycles. The highest BCUT2D eigenvalue weighted by Crippen LogP contribution is 2.21. The molecule has 0 aliphatic carbocycles. The van der Waals surface area contributed by atoms with Gasteiger partial charge in [-0.05, 0) is 29.3 Å². The van der Waals surface area contributed by atoms with Gasteiger partial charge in [0.2, 0.25) is 0 Å². The maximum atomic E-state index is 11.6. The second-order valence-corrected chi connectivity index (χ2v) is 4.14. The van der Waals surface area contributed by atoms with Gasteiger partial charge in [-0.15, -0.1) is 0 Å². The number of ether oxygens (including phenoxy) is 1. The summed E-state index contributed by atoms with van der Waals surface area (Å²) in [5.74, 6) is 0.634. The van der Waals surface area contributed by atoms with Gasteiger partial charge in [0.1, 0.15) is 5.75 Å². The molecule has 0 saturated heterocycles. The minimum atomic E-state index is -0.434. The fourth-order valence-corrected chi connectivity index (χ4v) is 1.89. The smallest absolute Gasteiger partial charge is 0.260 e. The lowest BCUT2D eigenvalue weighted by molar-refractivity contribution is -0.127. The zero-order chi connectivity index (χ0) is 13.0. The number of nitrogens with one attached hydrogen (secondary N) is 1. The molecule has 0 unspecified atom stereocenters. The van der Waals surface area contributed by atoms with Crippen LogP contribution in [-0.2, 0) is 4.79 Å². The predicted octanol–water partition coefficient (Wildman–Crippen LogP) is 2.74. The lowest BCUT2D eigenvalue weighted by atomic mass is 10.1. The van der Waals surface area contributed by atoms with Gasteiger partial charge >= 0.3 is 0 Å². The largest absolute Gasteiger partial charge is 0.481 e. The van der Waals surface area contributed by atoms with Crippen molar-refractivity contribution in [3.63, 3.8) is 0 Å². The summed E-state index contributed by atoms with van der Waals surface area (Å²) in [5, 5.41) is 4.89. The molecule has 1 N–H and O–H groups in total. The Kier molecular flexibility index (Phi) is 3.82. The second-order valence-electron chi connectivity index (χ2n) is 4.14. The quantitative estimate of drug-likeness (QED) is 0.896. The standard InChI is InChI=1S/C15H17NO2/c1-3-14(15(17)16-2)18-13-9-8-11-6-4-5-7-12(11)10-13/h4-10,14H,3H2,1-2H3,(H,16,17)/t14-/m1/s1. The van der Waals surface area contributed by atoms with Gasteiger partial charge in [0, 0.05) is 7.05 Å². The Morgan fingerprint density at radius 2 is 1.94 bits per heavy atom. The van der Waals surface area contributed by atoms with Crippen LogP contribution in [0.15, 0.2) is 42.5 Å². The molecule has 18 heavy (non-hydrogen) atoms. The fraction of sp³-hybridized carbons (Fsp3) is 0.267. The molecule has 0 aliphatic heterocycles. The first-order chi connectivity index (χ1) is 8.74. The van der Waals surface area contributed by atoms with Crippen LogP contribution in [0.1, 0.15) is 13.3 Å². The molecule has 3 heteroatoms. The van der Waals surface area contributed by atoms with Crippen molar-refractivity contribution in [1.29, 1.82) is 0 Å². The van der Waals surface area contributed by atoms with E-state index in [1.165, 1.54) is 0 Å². The van der Waals surface area contributed by atoms with E-state index in [0.717, 1.165) is 16.5 Å². The van der Waals surface area contributed by atoms with Crippen molar-refractivity contribution >= 4 is 16.7 Å². The van der Waals surface area contributed by atoms with Gasteiger partial charge in [0.05, 0.1) is 0 Å². The van der Waals surface area contributed by atoms with Gasteiger partial charge in [-0.1, -0.05) is 37.3 Å². The number of hydrogen-bond acceptors (Lipinski definition) is 2. The minimum Gasteiger partial charge on any atom is -0.481 e. The third-order valence-electron chi connectivity index (χ3n) is 2.91. The molecule has 3 nitrogen and oxygen atoms in total. The van der Waals surface area contributed by atoms with E-state index in [1.54, 1.807) is 7.05 Å². The average Bonchev–Trinajstić information content (AvgIpc) is 2.43. The third-order valence-corrected chi connectivity index (χ3v) is 2.91. The number of fused-ring (bicyclic) bond motifs is 1. The Labute approximate surface area is 107 Å². The molecule has 94 valence electrons. The number of benzene rings is 2.